The predicted octanol–water partition coefficient (Wildman–Crippen LogP) is 3.70. The summed E-state index contributed by atoms with van der Waals surface area (Å²) in [7, 11) is 3.85. The summed E-state index contributed by atoms with van der Waals surface area (Å²) in [4.78, 5) is 29.9. The molecule has 156 valence electrons. The van der Waals surface area contributed by atoms with Crippen LogP contribution >= 0.6 is 23.2 Å². The highest BCUT2D eigenvalue weighted by Crippen LogP contribution is 2.42. The lowest BCUT2D eigenvalue weighted by Gasteiger charge is -2.34. The van der Waals surface area contributed by atoms with Gasteiger partial charge in [0.2, 0.25) is 16.9 Å². The molecule has 0 bridgehead atoms. The minimum Gasteiger partial charge on any atom is -0.450 e. The Bertz CT molecular complexity index is 1190. The van der Waals surface area contributed by atoms with Gasteiger partial charge < -0.3 is 14.4 Å². The fraction of sp³-hybridized carbons (Fsp3) is 0.273. The molecule has 1 unspecified atom stereocenters. The van der Waals surface area contributed by atoms with Gasteiger partial charge in [0.05, 0.1) is 5.39 Å². The van der Waals surface area contributed by atoms with E-state index in [1.165, 1.54) is 11.0 Å². The smallest absolute Gasteiger partial charge is 0.293 e. The second kappa shape index (κ2) is 7.71. The average Bonchev–Trinajstić information content (AvgIpc) is 2.91. The number of hydrogen-bond donors (Lipinski definition) is 1. The molecule has 0 saturated heterocycles. The number of hydrogen-bond acceptors (Lipinski definition) is 5. The zero-order chi connectivity index (χ0) is 21.6. The highest BCUT2D eigenvalue weighted by atomic mass is 35.5. The Labute approximate surface area is 183 Å². The molecule has 3 aromatic rings. The summed E-state index contributed by atoms with van der Waals surface area (Å²) in [6, 6.07) is 11.0. The summed E-state index contributed by atoms with van der Waals surface area (Å²) in [5.41, 5.74) is -1.97. The third-order valence-corrected chi connectivity index (χ3v) is 5.75. The Morgan fingerprint density at radius 2 is 1.73 bits per heavy atom. The molecule has 1 amide bonds. The minimum absolute atomic E-state index is 0.102. The van der Waals surface area contributed by atoms with Crippen molar-refractivity contribution in [2.45, 2.75) is 12.1 Å². The Kier molecular flexibility index (Phi) is 5.36. The molecule has 8 heteroatoms. The van der Waals surface area contributed by atoms with E-state index < -0.39 is 17.1 Å². The van der Waals surface area contributed by atoms with Gasteiger partial charge in [-0.1, -0.05) is 35.3 Å². The van der Waals surface area contributed by atoms with E-state index in [1.807, 2.05) is 19.0 Å². The summed E-state index contributed by atoms with van der Waals surface area (Å²) in [6.45, 7) is 0.937. The fourth-order valence-corrected chi connectivity index (χ4v) is 4.13. The monoisotopic (exact) mass is 446 g/mol. The van der Waals surface area contributed by atoms with E-state index in [4.69, 9.17) is 27.6 Å². The van der Waals surface area contributed by atoms with E-state index in [0.29, 0.717) is 28.6 Å². The van der Waals surface area contributed by atoms with Crippen LogP contribution in [0.25, 0.3) is 11.0 Å². The van der Waals surface area contributed by atoms with Crippen LogP contribution < -0.4 is 5.43 Å². The van der Waals surface area contributed by atoms with Gasteiger partial charge in [-0.25, -0.2) is 0 Å². The number of halogens is 2. The molecule has 4 rings (SSSR count). The Hall–Kier alpha value is -2.38. The topological polar surface area (TPSA) is 74.0 Å². The Morgan fingerprint density at radius 3 is 2.40 bits per heavy atom. The van der Waals surface area contributed by atoms with Crippen molar-refractivity contribution in [2.75, 3.05) is 27.2 Å². The molecule has 0 aliphatic carbocycles. The number of aliphatic hydroxyl groups is 1. The van der Waals surface area contributed by atoms with Crippen molar-refractivity contribution in [3.8, 4) is 0 Å². The standard InChI is InChI=1S/C22H20Cl2N2O4/c1-25(2)10-3-11-26-21(28)20-18(22(26,29)13-4-6-14(23)7-5-13)19(27)16-12-15(24)8-9-17(16)30-20/h4-9,12,29H,3,10-11H2,1-2H3. The van der Waals surface area contributed by atoms with Crippen molar-refractivity contribution >= 4 is 40.1 Å². The highest BCUT2D eigenvalue weighted by Gasteiger charge is 2.53. The molecular formula is C22H20Cl2N2O4. The van der Waals surface area contributed by atoms with Gasteiger partial charge in [0, 0.05) is 22.2 Å². The molecule has 1 aliphatic heterocycles. The number of amides is 1. The molecule has 0 radical (unpaired) electrons. The molecule has 2 aromatic carbocycles. The van der Waals surface area contributed by atoms with Gasteiger partial charge in [-0.05, 0) is 57.4 Å². The van der Waals surface area contributed by atoms with Crippen molar-refractivity contribution in [3.05, 3.63) is 79.6 Å². The van der Waals surface area contributed by atoms with Crippen LogP contribution in [0, 0.1) is 0 Å². The van der Waals surface area contributed by atoms with Gasteiger partial charge >= 0.3 is 0 Å². The van der Waals surface area contributed by atoms with Crippen LogP contribution in [-0.2, 0) is 5.72 Å². The second-order valence-electron chi connectivity index (χ2n) is 7.57. The Balaban J connectivity index is 1.95. The maximum atomic E-state index is 13.4. The molecule has 6 nitrogen and oxygen atoms in total. The number of carbonyl (C=O) groups is 1. The number of carbonyl (C=O) groups excluding carboxylic acids is 1. The largest absolute Gasteiger partial charge is 0.450 e. The first-order chi connectivity index (χ1) is 14.2. The first kappa shape index (κ1) is 20.9. The molecular weight excluding hydrogens is 427 g/mol. The zero-order valence-corrected chi connectivity index (χ0v) is 18.0. The van der Waals surface area contributed by atoms with Gasteiger partial charge in [-0.3, -0.25) is 14.5 Å². The van der Waals surface area contributed by atoms with Crippen LogP contribution in [0.1, 0.15) is 28.1 Å². The summed E-state index contributed by atoms with van der Waals surface area (Å²) in [5.74, 6) is -0.688. The van der Waals surface area contributed by atoms with E-state index in [1.54, 1.807) is 36.4 Å². The number of benzene rings is 2. The van der Waals surface area contributed by atoms with Crippen LogP contribution in [-0.4, -0.2) is 48.0 Å². The molecule has 1 aliphatic rings. The lowest BCUT2D eigenvalue weighted by atomic mass is 9.94. The van der Waals surface area contributed by atoms with Crippen molar-refractivity contribution in [1.29, 1.82) is 0 Å². The van der Waals surface area contributed by atoms with Crippen LogP contribution in [0.15, 0.2) is 51.7 Å². The van der Waals surface area contributed by atoms with Gasteiger partial charge in [-0.2, -0.15) is 0 Å². The van der Waals surface area contributed by atoms with Crippen LogP contribution in [0.3, 0.4) is 0 Å². The molecule has 1 atom stereocenters. The van der Waals surface area contributed by atoms with Crippen molar-refractivity contribution < 1.29 is 14.3 Å². The van der Waals surface area contributed by atoms with E-state index in [2.05, 4.69) is 0 Å². The van der Waals surface area contributed by atoms with E-state index in [9.17, 15) is 14.7 Å². The summed E-state index contributed by atoms with van der Waals surface area (Å²) in [6.07, 6.45) is 0.599. The van der Waals surface area contributed by atoms with Crippen LogP contribution in [0.4, 0.5) is 0 Å². The minimum atomic E-state index is -1.97. The normalized spacial score (nSPS) is 18.5. The van der Waals surface area contributed by atoms with Crippen molar-refractivity contribution in [2.24, 2.45) is 0 Å². The average molecular weight is 447 g/mol. The molecule has 0 fully saturated rings. The van der Waals surface area contributed by atoms with E-state index >= 15 is 0 Å². The third kappa shape index (κ3) is 3.30. The molecule has 0 saturated carbocycles. The van der Waals surface area contributed by atoms with Crippen LogP contribution in [0.5, 0.6) is 0 Å². The Morgan fingerprint density at radius 1 is 1.07 bits per heavy atom. The third-order valence-electron chi connectivity index (χ3n) is 5.26. The van der Waals surface area contributed by atoms with Crippen molar-refractivity contribution in [1.82, 2.24) is 9.80 Å². The first-order valence-electron chi connectivity index (χ1n) is 9.45. The second-order valence-corrected chi connectivity index (χ2v) is 8.44. The summed E-state index contributed by atoms with van der Waals surface area (Å²) >= 11 is 12.1. The number of rotatable bonds is 5. The quantitative estimate of drug-likeness (QED) is 0.646. The van der Waals surface area contributed by atoms with E-state index in [-0.39, 0.29) is 28.8 Å². The molecule has 0 spiro atoms. The summed E-state index contributed by atoms with van der Waals surface area (Å²) in [5, 5.41) is 12.9. The fourth-order valence-electron chi connectivity index (χ4n) is 3.83. The zero-order valence-electron chi connectivity index (χ0n) is 16.5. The SMILES string of the molecule is CN(C)CCCN1C(=O)c2oc3ccc(Cl)cc3c(=O)c2C1(O)c1ccc(Cl)cc1. The lowest BCUT2D eigenvalue weighted by molar-refractivity contribution is -0.0512. The predicted molar refractivity (Wildman–Crippen MR) is 116 cm³/mol. The lowest BCUT2D eigenvalue weighted by Crippen LogP contribution is -2.47. The molecule has 1 N–H and O–H groups in total. The molecule has 30 heavy (non-hydrogen) atoms. The molecule has 1 aromatic heterocycles. The van der Waals surface area contributed by atoms with Gasteiger partial charge in [0.1, 0.15) is 11.1 Å². The number of fused-ring (bicyclic) bond motifs is 2. The first-order valence-corrected chi connectivity index (χ1v) is 10.2. The highest BCUT2D eigenvalue weighted by molar-refractivity contribution is 6.31. The van der Waals surface area contributed by atoms with Crippen molar-refractivity contribution in [3.63, 3.8) is 0 Å². The van der Waals surface area contributed by atoms with Gasteiger partial charge in [0.25, 0.3) is 5.91 Å². The van der Waals surface area contributed by atoms with E-state index in [0.717, 1.165) is 0 Å². The summed E-state index contributed by atoms with van der Waals surface area (Å²) < 4.78 is 5.80. The van der Waals surface area contributed by atoms with Gasteiger partial charge in [-0.15, -0.1) is 0 Å². The molecule has 2 heterocycles. The van der Waals surface area contributed by atoms with Crippen LogP contribution in [0.2, 0.25) is 10.0 Å². The maximum absolute atomic E-state index is 13.4. The number of nitrogens with zero attached hydrogens (tertiary/aromatic N) is 2. The maximum Gasteiger partial charge on any atom is 0.293 e. The van der Waals surface area contributed by atoms with Gasteiger partial charge in [0.15, 0.2) is 0 Å².